The van der Waals surface area contributed by atoms with Gasteiger partial charge in [-0.2, -0.15) is 0 Å². The highest BCUT2D eigenvalue weighted by Gasteiger charge is 2.11. The van der Waals surface area contributed by atoms with E-state index < -0.39 is 0 Å². The molecule has 0 aromatic heterocycles. The summed E-state index contributed by atoms with van der Waals surface area (Å²) < 4.78 is 11.3. The van der Waals surface area contributed by atoms with Crippen LogP contribution in [0.2, 0.25) is 10.0 Å². The first-order valence-corrected chi connectivity index (χ1v) is 6.91. The highest BCUT2D eigenvalue weighted by molar-refractivity contribution is 6.34. The molecule has 0 spiro atoms. The summed E-state index contributed by atoms with van der Waals surface area (Å²) in [6.45, 7) is 3.86. The van der Waals surface area contributed by atoms with E-state index in [1.165, 1.54) is 0 Å². The Labute approximate surface area is 128 Å². The van der Waals surface area contributed by atoms with Crippen molar-refractivity contribution >= 4 is 28.9 Å². The summed E-state index contributed by atoms with van der Waals surface area (Å²) in [6.07, 6.45) is 0.0299. The molecule has 0 aliphatic carbocycles. The van der Waals surface area contributed by atoms with Gasteiger partial charge in [-0.25, -0.2) is 0 Å². The molecule has 0 saturated heterocycles. The van der Waals surface area contributed by atoms with Gasteiger partial charge in [-0.1, -0.05) is 29.3 Å². The molecule has 0 saturated carbocycles. The van der Waals surface area contributed by atoms with Crippen LogP contribution in [-0.2, 0) is 0 Å². The van der Waals surface area contributed by atoms with Crippen LogP contribution in [0.25, 0.3) is 0 Å². The minimum absolute atomic E-state index is 0.0299. The second-order valence-corrected chi connectivity index (χ2v) is 5.36. The van der Waals surface area contributed by atoms with Crippen LogP contribution in [0.5, 0.6) is 17.2 Å². The quantitative estimate of drug-likeness (QED) is 0.794. The molecule has 2 N–H and O–H groups in total. The van der Waals surface area contributed by atoms with E-state index in [9.17, 15) is 0 Å². The first-order valence-electron chi connectivity index (χ1n) is 6.15. The second-order valence-electron chi connectivity index (χ2n) is 4.51. The van der Waals surface area contributed by atoms with Crippen molar-refractivity contribution in [3.8, 4) is 17.2 Å². The van der Waals surface area contributed by atoms with Gasteiger partial charge in [0.2, 0.25) is 0 Å². The zero-order valence-electron chi connectivity index (χ0n) is 11.2. The molecular formula is C15H15Cl2NO2. The van der Waals surface area contributed by atoms with Crippen molar-refractivity contribution < 1.29 is 9.47 Å². The van der Waals surface area contributed by atoms with E-state index in [-0.39, 0.29) is 6.10 Å². The molecule has 0 fully saturated rings. The number of ether oxygens (including phenoxy) is 2. The summed E-state index contributed by atoms with van der Waals surface area (Å²) in [5.41, 5.74) is 6.47. The second kappa shape index (κ2) is 6.25. The predicted octanol–water partition coefficient (Wildman–Crippen LogP) is 5.16. The number of nitrogens with two attached hydrogens (primary N) is 1. The van der Waals surface area contributed by atoms with E-state index in [2.05, 4.69) is 0 Å². The van der Waals surface area contributed by atoms with Gasteiger partial charge in [0.15, 0.2) is 5.75 Å². The van der Waals surface area contributed by atoms with Crippen molar-refractivity contribution in [3.05, 3.63) is 46.4 Å². The summed E-state index contributed by atoms with van der Waals surface area (Å²) in [7, 11) is 0. The molecule has 20 heavy (non-hydrogen) atoms. The average molecular weight is 312 g/mol. The van der Waals surface area contributed by atoms with E-state index >= 15 is 0 Å². The molecule has 3 nitrogen and oxygen atoms in total. The number of rotatable bonds is 4. The largest absolute Gasteiger partial charge is 0.489 e. The first-order chi connectivity index (χ1) is 9.47. The van der Waals surface area contributed by atoms with E-state index in [0.717, 1.165) is 0 Å². The highest BCUT2D eigenvalue weighted by Crippen LogP contribution is 2.38. The van der Waals surface area contributed by atoms with Crippen LogP contribution < -0.4 is 15.2 Å². The summed E-state index contributed by atoms with van der Waals surface area (Å²) in [5, 5.41) is 1.00. The van der Waals surface area contributed by atoms with Crippen LogP contribution in [0.4, 0.5) is 5.69 Å². The molecule has 5 heteroatoms. The molecule has 2 aromatic carbocycles. The smallest absolute Gasteiger partial charge is 0.154 e. The number of benzene rings is 2. The van der Waals surface area contributed by atoms with Crippen molar-refractivity contribution in [2.45, 2.75) is 20.0 Å². The summed E-state index contributed by atoms with van der Waals surface area (Å²) in [5.74, 6) is 1.51. The van der Waals surface area contributed by atoms with Gasteiger partial charge in [-0.3, -0.25) is 0 Å². The third-order valence-electron chi connectivity index (χ3n) is 2.50. The number of anilines is 1. The van der Waals surface area contributed by atoms with Gasteiger partial charge < -0.3 is 15.2 Å². The Balaban J connectivity index is 2.32. The zero-order valence-corrected chi connectivity index (χ0v) is 12.7. The summed E-state index contributed by atoms with van der Waals surface area (Å²) in [4.78, 5) is 0. The number of para-hydroxylation sites is 1. The Morgan fingerprint density at radius 1 is 1.00 bits per heavy atom. The minimum atomic E-state index is 0.0299. The fourth-order valence-electron chi connectivity index (χ4n) is 1.64. The van der Waals surface area contributed by atoms with Gasteiger partial charge in [0, 0.05) is 11.1 Å². The Bertz CT molecular complexity index is 615. The molecule has 0 unspecified atom stereocenters. The van der Waals surface area contributed by atoms with Crippen LogP contribution in [0.15, 0.2) is 36.4 Å². The lowest BCUT2D eigenvalue weighted by Gasteiger charge is -2.15. The molecule has 2 aromatic rings. The average Bonchev–Trinajstić information content (AvgIpc) is 2.38. The highest BCUT2D eigenvalue weighted by atomic mass is 35.5. The molecule has 0 aliphatic rings. The number of hydrogen-bond donors (Lipinski definition) is 1. The molecule has 0 atom stereocenters. The lowest BCUT2D eigenvalue weighted by molar-refractivity contribution is 0.243. The van der Waals surface area contributed by atoms with Crippen LogP contribution in [0.1, 0.15) is 13.8 Å². The maximum atomic E-state index is 6.07. The lowest BCUT2D eigenvalue weighted by atomic mass is 10.2. The Kier molecular flexibility index (Phi) is 4.63. The van der Waals surface area contributed by atoms with Gasteiger partial charge in [0.1, 0.15) is 17.2 Å². The summed E-state index contributed by atoms with van der Waals surface area (Å²) in [6, 6.07) is 10.4. The van der Waals surface area contributed by atoms with Crippen molar-refractivity contribution in [3.63, 3.8) is 0 Å². The van der Waals surface area contributed by atoms with Crippen molar-refractivity contribution in [2.75, 3.05) is 5.73 Å². The fourth-order valence-corrected chi connectivity index (χ4v) is 1.96. The van der Waals surface area contributed by atoms with E-state index in [1.54, 1.807) is 30.3 Å². The molecule has 0 bridgehead atoms. The number of halogens is 2. The fraction of sp³-hybridized carbons (Fsp3) is 0.200. The SMILES string of the molecule is CC(C)Oc1cccc(Oc2cc(Cl)ccc2Cl)c1N. The molecule has 0 radical (unpaired) electrons. The normalized spacial score (nSPS) is 10.7. The standard InChI is InChI=1S/C15H15Cl2NO2/c1-9(2)19-12-4-3-5-13(15(12)18)20-14-8-10(16)6-7-11(14)17/h3-9H,18H2,1-2H3. The Morgan fingerprint density at radius 2 is 1.70 bits per heavy atom. The van der Waals surface area contributed by atoms with Crippen molar-refractivity contribution in [1.82, 2.24) is 0 Å². The van der Waals surface area contributed by atoms with Gasteiger partial charge in [-0.05, 0) is 38.1 Å². The van der Waals surface area contributed by atoms with Crippen LogP contribution in [-0.4, -0.2) is 6.10 Å². The summed E-state index contributed by atoms with van der Waals surface area (Å²) >= 11 is 12.0. The van der Waals surface area contributed by atoms with Crippen molar-refractivity contribution in [2.24, 2.45) is 0 Å². The number of hydrogen-bond acceptors (Lipinski definition) is 3. The maximum Gasteiger partial charge on any atom is 0.154 e. The Morgan fingerprint density at radius 3 is 2.40 bits per heavy atom. The molecule has 106 valence electrons. The Hall–Kier alpha value is -1.58. The van der Waals surface area contributed by atoms with Crippen LogP contribution in [0.3, 0.4) is 0 Å². The minimum Gasteiger partial charge on any atom is -0.489 e. The lowest BCUT2D eigenvalue weighted by Crippen LogP contribution is -2.07. The molecular weight excluding hydrogens is 297 g/mol. The monoisotopic (exact) mass is 311 g/mol. The van der Waals surface area contributed by atoms with E-state index in [0.29, 0.717) is 33.0 Å². The maximum absolute atomic E-state index is 6.07. The van der Waals surface area contributed by atoms with Crippen molar-refractivity contribution in [1.29, 1.82) is 0 Å². The van der Waals surface area contributed by atoms with Gasteiger partial charge in [0.05, 0.1) is 11.1 Å². The predicted molar refractivity (Wildman–Crippen MR) is 83.2 cm³/mol. The van der Waals surface area contributed by atoms with Crippen LogP contribution >= 0.6 is 23.2 Å². The molecule has 0 heterocycles. The molecule has 0 amide bonds. The van der Waals surface area contributed by atoms with Crippen LogP contribution in [0, 0.1) is 0 Å². The van der Waals surface area contributed by atoms with E-state index in [4.69, 9.17) is 38.4 Å². The van der Waals surface area contributed by atoms with Gasteiger partial charge >= 0.3 is 0 Å². The van der Waals surface area contributed by atoms with E-state index in [1.807, 2.05) is 19.9 Å². The third-order valence-corrected chi connectivity index (χ3v) is 3.05. The third kappa shape index (κ3) is 3.50. The molecule has 0 aliphatic heterocycles. The number of nitrogen functional groups attached to an aromatic ring is 1. The van der Waals surface area contributed by atoms with Gasteiger partial charge in [-0.15, -0.1) is 0 Å². The first kappa shape index (κ1) is 14.8. The topological polar surface area (TPSA) is 44.5 Å². The molecule has 2 rings (SSSR count). The van der Waals surface area contributed by atoms with Gasteiger partial charge in [0.25, 0.3) is 0 Å². The zero-order chi connectivity index (χ0) is 14.7.